The van der Waals surface area contributed by atoms with Gasteiger partial charge in [-0.3, -0.25) is 9.59 Å². The highest BCUT2D eigenvalue weighted by Gasteiger charge is 2.24. The van der Waals surface area contributed by atoms with Crippen LogP contribution in [0.1, 0.15) is 39.1 Å². The van der Waals surface area contributed by atoms with Crippen molar-refractivity contribution in [2.45, 2.75) is 25.3 Å². The summed E-state index contributed by atoms with van der Waals surface area (Å²) in [5.74, 6) is -1.04. The molecule has 0 bridgehead atoms. The van der Waals surface area contributed by atoms with Crippen molar-refractivity contribution in [2.75, 3.05) is 13.1 Å². The molecule has 0 spiro atoms. The number of rotatable bonds is 5. The fourth-order valence-corrected chi connectivity index (χ4v) is 3.18. The molecule has 1 heterocycles. The van der Waals surface area contributed by atoms with Crippen LogP contribution in [0.25, 0.3) is 0 Å². The van der Waals surface area contributed by atoms with Crippen LogP contribution in [0, 0.1) is 0 Å². The Morgan fingerprint density at radius 1 is 0.926 bits per heavy atom. The van der Waals surface area contributed by atoms with E-state index in [1.165, 1.54) is 12.1 Å². The second kappa shape index (κ2) is 8.49. The number of nitrogens with zero attached hydrogens (tertiary/aromatic N) is 1. The van der Waals surface area contributed by atoms with Crippen LogP contribution in [0.4, 0.5) is 0 Å². The van der Waals surface area contributed by atoms with Crippen LogP contribution in [0.5, 0.6) is 0 Å². The van der Waals surface area contributed by atoms with Gasteiger partial charge < -0.3 is 15.3 Å². The summed E-state index contributed by atoms with van der Waals surface area (Å²) in [6.07, 6.45) is 1.70. The maximum absolute atomic E-state index is 12.5. The third-order valence-corrected chi connectivity index (χ3v) is 4.78. The number of carboxylic acids is 1. The predicted molar refractivity (Wildman–Crippen MR) is 101 cm³/mol. The van der Waals surface area contributed by atoms with Gasteiger partial charge in [0.2, 0.25) is 5.91 Å². The minimum Gasteiger partial charge on any atom is -0.478 e. The van der Waals surface area contributed by atoms with E-state index in [1.54, 1.807) is 29.2 Å². The Hall–Kier alpha value is -3.15. The minimum atomic E-state index is -0.979. The highest BCUT2D eigenvalue weighted by atomic mass is 16.4. The van der Waals surface area contributed by atoms with Crippen LogP contribution < -0.4 is 5.32 Å². The van der Waals surface area contributed by atoms with E-state index in [0.29, 0.717) is 18.7 Å². The van der Waals surface area contributed by atoms with Gasteiger partial charge in [0.05, 0.1) is 12.0 Å². The van der Waals surface area contributed by atoms with Gasteiger partial charge in [0.1, 0.15) is 0 Å². The predicted octanol–water partition coefficient (Wildman–Crippen LogP) is 2.35. The molecule has 0 unspecified atom stereocenters. The summed E-state index contributed by atoms with van der Waals surface area (Å²) < 4.78 is 0. The summed E-state index contributed by atoms with van der Waals surface area (Å²) in [6, 6.07) is 15.5. The fourth-order valence-electron chi connectivity index (χ4n) is 3.18. The average molecular weight is 366 g/mol. The molecule has 3 rings (SSSR count). The zero-order chi connectivity index (χ0) is 19.2. The van der Waals surface area contributed by atoms with Crippen LogP contribution in [0.15, 0.2) is 54.6 Å². The van der Waals surface area contributed by atoms with Crippen molar-refractivity contribution < 1.29 is 19.5 Å². The Morgan fingerprint density at radius 2 is 1.56 bits per heavy atom. The van der Waals surface area contributed by atoms with Gasteiger partial charge >= 0.3 is 5.97 Å². The van der Waals surface area contributed by atoms with Crippen LogP contribution in [0.2, 0.25) is 0 Å². The van der Waals surface area contributed by atoms with Crippen molar-refractivity contribution in [3.63, 3.8) is 0 Å². The monoisotopic (exact) mass is 366 g/mol. The molecule has 0 aliphatic carbocycles. The first-order chi connectivity index (χ1) is 13.0. The zero-order valence-corrected chi connectivity index (χ0v) is 14.9. The molecule has 2 amide bonds. The van der Waals surface area contributed by atoms with Gasteiger partial charge in [0, 0.05) is 24.7 Å². The number of amides is 2. The lowest BCUT2D eigenvalue weighted by molar-refractivity contribution is -0.131. The number of benzene rings is 2. The third kappa shape index (κ3) is 4.94. The number of hydrogen-bond donors (Lipinski definition) is 2. The highest BCUT2D eigenvalue weighted by molar-refractivity contribution is 5.94. The standard InChI is InChI=1S/C21H22N2O4/c24-19(14-15-6-8-17(9-7-15)21(26)27)23-12-10-18(11-13-23)22-20(25)16-4-2-1-3-5-16/h1-9,18H,10-14H2,(H,22,25)(H,26,27). The van der Waals surface area contributed by atoms with Gasteiger partial charge in [0.15, 0.2) is 0 Å². The quantitative estimate of drug-likeness (QED) is 0.850. The number of piperidine rings is 1. The SMILES string of the molecule is O=C(O)c1ccc(CC(=O)N2CCC(NC(=O)c3ccccc3)CC2)cc1. The molecule has 140 valence electrons. The fraction of sp³-hybridized carbons (Fsp3) is 0.286. The Labute approximate surface area is 157 Å². The maximum Gasteiger partial charge on any atom is 0.335 e. The molecule has 2 aromatic rings. The van der Waals surface area contributed by atoms with Crippen molar-refractivity contribution in [3.05, 3.63) is 71.3 Å². The lowest BCUT2D eigenvalue weighted by Crippen LogP contribution is -2.46. The molecule has 0 radical (unpaired) electrons. The largest absolute Gasteiger partial charge is 0.478 e. The van der Waals surface area contributed by atoms with E-state index in [9.17, 15) is 14.4 Å². The number of aromatic carboxylic acids is 1. The summed E-state index contributed by atoms with van der Waals surface area (Å²) in [5.41, 5.74) is 1.64. The van der Waals surface area contributed by atoms with Gasteiger partial charge in [-0.2, -0.15) is 0 Å². The first-order valence-electron chi connectivity index (χ1n) is 8.99. The molecule has 0 aromatic heterocycles. The molecule has 1 aliphatic rings. The molecule has 1 aliphatic heterocycles. The Morgan fingerprint density at radius 3 is 2.15 bits per heavy atom. The van der Waals surface area contributed by atoms with Crippen LogP contribution in [0.3, 0.4) is 0 Å². The van der Waals surface area contributed by atoms with Crippen LogP contribution in [-0.2, 0) is 11.2 Å². The number of carboxylic acid groups (broad SMARTS) is 1. The van der Waals surface area contributed by atoms with Gasteiger partial charge in [-0.1, -0.05) is 30.3 Å². The number of hydrogen-bond acceptors (Lipinski definition) is 3. The Kier molecular flexibility index (Phi) is 5.86. The Bertz CT molecular complexity index is 810. The topological polar surface area (TPSA) is 86.7 Å². The molecular weight excluding hydrogens is 344 g/mol. The molecule has 1 fully saturated rings. The van der Waals surface area contributed by atoms with Crippen LogP contribution >= 0.6 is 0 Å². The summed E-state index contributed by atoms with van der Waals surface area (Å²) in [4.78, 5) is 37.3. The lowest BCUT2D eigenvalue weighted by Gasteiger charge is -2.32. The van der Waals surface area contributed by atoms with Crippen molar-refractivity contribution >= 4 is 17.8 Å². The van der Waals surface area contributed by atoms with Gasteiger partial charge in [-0.15, -0.1) is 0 Å². The van der Waals surface area contributed by atoms with Crippen molar-refractivity contribution in [2.24, 2.45) is 0 Å². The van der Waals surface area contributed by atoms with E-state index in [-0.39, 0.29) is 29.8 Å². The first-order valence-corrected chi connectivity index (χ1v) is 8.99. The second-order valence-electron chi connectivity index (χ2n) is 6.67. The minimum absolute atomic E-state index is 0.0194. The molecule has 27 heavy (non-hydrogen) atoms. The van der Waals surface area contributed by atoms with E-state index in [0.717, 1.165) is 18.4 Å². The van der Waals surface area contributed by atoms with E-state index in [1.807, 2.05) is 18.2 Å². The van der Waals surface area contributed by atoms with Gasteiger partial charge in [-0.25, -0.2) is 4.79 Å². The summed E-state index contributed by atoms with van der Waals surface area (Å²) in [5, 5.41) is 11.9. The molecule has 6 nitrogen and oxygen atoms in total. The normalized spacial score (nSPS) is 14.6. The smallest absolute Gasteiger partial charge is 0.335 e. The first kappa shape index (κ1) is 18.6. The lowest BCUT2D eigenvalue weighted by atomic mass is 10.0. The molecule has 0 saturated carbocycles. The molecule has 2 aromatic carbocycles. The summed E-state index contributed by atoms with van der Waals surface area (Å²) in [6.45, 7) is 1.21. The highest BCUT2D eigenvalue weighted by Crippen LogP contribution is 2.14. The third-order valence-electron chi connectivity index (χ3n) is 4.78. The van der Waals surface area contributed by atoms with E-state index < -0.39 is 5.97 Å². The Balaban J connectivity index is 1.47. The van der Waals surface area contributed by atoms with E-state index in [2.05, 4.69) is 5.32 Å². The maximum atomic E-state index is 12.5. The van der Waals surface area contributed by atoms with E-state index >= 15 is 0 Å². The van der Waals surface area contributed by atoms with Crippen molar-refractivity contribution in [1.82, 2.24) is 10.2 Å². The van der Waals surface area contributed by atoms with E-state index in [4.69, 9.17) is 5.11 Å². The number of carbonyl (C=O) groups is 3. The summed E-state index contributed by atoms with van der Waals surface area (Å²) in [7, 11) is 0. The van der Waals surface area contributed by atoms with Gasteiger partial charge in [-0.05, 0) is 42.7 Å². The molecule has 2 N–H and O–H groups in total. The molecule has 0 atom stereocenters. The number of nitrogens with one attached hydrogen (secondary N) is 1. The van der Waals surface area contributed by atoms with Crippen LogP contribution in [-0.4, -0.2) is 46.9 Å². The average Bonchev–Trinajstić information content (AvgIpc) is 2.69. The summed E-state index contributed by atoms with van der Waals surface area (Å²) >= 11 is 0. The molecule has 6 heteroatoms. The molecular formula is C21H22N2O4. The number of carbonyl (C=O) groups excluding carboxylic acids is 2. The van der Waals surface area contributed by atoms with Crippen molar-refractivity contribution in [1.29, 1.82) is 0 Å². The second-order valence-corrected chi connectivity index (χ2v) is 6.67. The molecule has 1 saturated heterocycles. The van der Waals surface area contributed by atoms with Gasteiger partial charge in [0.25, 0.3) is 5.91 Å². The zero-order valence-electron chi connectivity index (χ0n) is 14.9. The number of likely N-dealkylation sites (tertiary alicyclic amines) is 1. The van der Waals surface area contributed by atoms with Crippen molar-refractivity contribution in [3.8, 4) is 0 Å².